The zero-order valence-corrected chi connectivity index (χ0v) is 44.7. The quantitative estimate of drug-likeness (QED) is 0.0341. The number of rotatable bonds is 37. The van der Waals surface area contributed by atoms with Crippen molar-refractivity contribution < 1.29 is 5.11 Å². The van der Waals surface area contributed by atoms with Gasteiger partial charge in [-0.1, -0.05) is 226 Å². The summed E-state index contributed by atoms with van der Waals surface area (Å²) in [6, 6.07) is 16.8. The van der Waals surface area contributed by atoms with Gasteiger partial charge in [0.25, 0.3) is 0 Å². The summed E-state index contributed by atoms with van der Waals surface area (Å²) in [5.74, 6) is 0.260. The highest BCUT2D eigenvalue weighted by Gasteiger charge is 2.17. The fraction of sp³-hybridized carbons (Fsp3) is 0.600. The Morgan fingerprint density at radius 2 is 0.643 bits per heavy atom. The Kier molecular flexibility index (Phi) is 25.6. The first kappa shape index (κ1) is 54.9. The molecule has 0 aliphatic carbocycles. The average Bonchev–Trinajstić information content (AvgIpc) is 4.23. The normalized spacial score (nSPS) is 12.2. The average molecular weight is 950 g/mol. The molecule has 1 aromatic carbocycles. The molecule has 5 heterocycles. The molecule has 0 unspecified atom stereocenters. The summed E-state index contributed by atoms with van der Waals surface area (Å²) in [6.07, 6.45) is 56.0. The molecule has 3 N–H and O–H groups in total. The summed E-state index contributed by atoms with van der Waals surface area (Å²) in [6.45, 7) is 6.91. The number of aromatic nitrogens is 4. The van der Waals surface area contributed by atoms with E-state index in [9.17, 15) is 5.11 Å². The van der Waals surface area contributed by atoms with Gasteiger partial charge >= 0.3 is 0 Å². The van der Waals surface area contributed by atoms with Crippen LogP contribution in [-0.4, -0.2) is 25.0 Å². The van der Waals surface area contributed by atoms with Crippen molar-refractivity contribution in [2.24, 2.45) is 0 Å². The summed E-state index contributed by atoms with van der Waals surface area (Å²) in [4.78, 5) is 19.0. The standard InChI is InChI=1S/C65H96N4O/c1-4-7-10-13-16-19-22-25-28-31-34-40-54-57-43-45-59(66-57)55(41-35-32-29-26-23-20-17-14-11-8-5-2)61-47-49-63(68-61)65(52-38-37-39-53(70)51-52)64-50-48-62(69-64)56(60-46-44-58(54)67-60)42-36-33-30-27-24-21-18-15-12-9-6-3/h37-39,43-51,66,69-70H,4-36,40-42H2,1-3H3. The second-order valence-electron chi connectivity index (χ2n) is 21.2. The van der Waals surface area contributed by atoms with Gasteiger partial charge in [-0.15, -0.1) is 0 Å². The molecule has 70 heavy (non-hydrogen) atoms. The van der Waals surface area contributed by atoms with E-state index in [0.29, 0.717) is 0 Å². The summed E-state index contributed by atoms with van der Waals surface area (Å²) in [5.41, 5.74) is 14.5. The molecule has 0 radical (unpaired) electrons. The summed E-state index contributed by atoms with van der Waals surface area (Å²) in [7, 11) is 0. The van der Waals surface area contributed by atoms with Crippen molar-refractivity contribution in [2.75, 3.05) is 0 Å². The molecule has 5 heteroatoms. The first-order valence-electron chi connectivity index (χ1n) is 29.5. The third-order valence-corrected chi connectivity index (χ3v) is 15.3. The monoisotopic (exact) mass is 949 g/mol. The fourth-order valence-electron chi connectivity index (χ4n) is 11.0. The molecule has 0 atom stereocenters. The van der Waals surface area contributed by atoms with Crippen LogP contribution in [0.3, 0.4) is 0 Å². The molecule has 5 nitrogen and oxygen atoms in total. The smallest absolute Gasteiger partial charge is 0.116 e. The largest absolute Gasteiger partial charge is 0.508 e. The predicted octanol–water partition coefficient (Wildman–Crippen LogP) is 20.6. The SMILES string of the molecule is CCCCCCCCCCCCCc1c2nc(c(CCCCCCCCCCCCC)c3ccc([nH]3)c(-c3cccc(O)c3)c3nc(c(CCCCCCCCCCCCC)c4ccc1[nH]4)C=C3)C=C2. The number of nitrogens with one attached hydrogen (secondary N) is 2. The van der Waals surface area contributed by atoms with Crippen LogP contribution in [0.25, 0.3) is 57.5 Å². The maximum Gasteiger partial charge on any atom is 0.116 e. The van der Waals surface area contributed by atoms with Gasteiger partial charge in [-0.3, -0.25) is 0 Å². The number of fused-ring (bicyclic) bond motifs is 8. The third kappa shape index (κ3) is 18.3. The zero-order valence-electron chi connectivity index (χ0n) is 44.7. The van der Waals surface area contributed by atoms with Crippen LogP contribution in [0, 0.1) is 0 Å². The van der Waals surface area contributed by atoms with Gasteiger partial charge in [-0.25, -0.2) is 9.97 Å². The highest BCUT2D eigenvalue weighted by atomic mass is 16.3. The number of H-pyrrole nitrogens is 2. The molecule has 3 aromatic heterocycles. The highest BCUT2D eigenvalue weighted by Crippen LogP contribution is 2.34. The number of phenolic OH excluding ortho intramolecular Hbond substituents is 1. The number of phenols is 1. The highest BCUT2D eigenvalue weighted by molar-refractivity contribution is 5.92. The van der Waals surface area contributed by atoms with Crippen molar-refractivity contribution >= 4 is 46.4 Å². The van der Waals surface area contributed by atoms with E-state index >= 15 is 0 Å². The molecule has 0 saturated carbocycles. The molecule has 6 rings (SSSR count). The van der Waals surface area contributed by atoms with E-state index in [-0.39, 0.29) is 5.75 Å². The number of aromatic amines is 2. The lowest BCUT2D eigenvalue weighted by Gasteiger charge is -2.07. The number of nitrogens with zero attached hydrogens (tertiary/aromatic N) is 2. The minimum Gasteiger partial charge on any atom is -0.508 e. The zero-order chi connectivity index (χ0) is 48.9. The predicted molar refractivity (Wildman–Crippen MR) is 306 cm³/mol. The van der Waals surface area contributed by atoms with E-state index in [4.69, 9.17) is 9.97 Å². The van der Waals surface area contributed by atoms with Crippen LogP contribution in [0.5, 0.6) is 5.75 Å². The Hall–Kier alpha value is -4.38. The minimum absolute atomic E-state index is 0.260. The second-order valence-corrected chi connectivity index (χ2v) is 21.2. The molecule has 8 bridgehead atoms. The van der Waals surface area contributed by atoms with E-state index < -0.39 is 0 Å². The summed E-state index contributed by atoms with van der Waals surface area (Å²) in [5, 5.41) is 10.8. The van der Waals surface area contributed by atoms with Crippen LogP contribution in [0.15, 0.2) is 48.5 Å². The van der Waals surface area contributed by atoms with Gasteiger partial charge in [0.2, 0.25) is 0 Å². The second kappa shape index (κ2) is 32.6. The molecule has 0 saturated heterocycles. The third-order valence-electron chi connectivity index (χ3n) is 15.3. The molecule has 382 valence electrons. The molecular weight excluding hydrogens is 853 g/mol. The Balaban J connectivity index is 1.31. The van der Waals surface area contributed by atoms with Gasteiger partial charge in [-0.05, 0) is 105 Å². The van der Waals surface area contributed by atoms with Crippen LogP contribution >= 0.6 is 0 Å². The summed E-state index contributed by atoms with van der Waals surface area (Å²) < 4.78 is 0. The van der Waals surface area contributed by atoms with E-state index in [1.54, 1.807) is 6.07 Å². The Bertz CT molecular complexity index is 2300. The lowest BCUT2D eigenvalue weighted by molar-refractivity contribution is 0.475. The van der Waals surface area contributed by atoms with Crippen LogP contribution in [0.4, 0.5) is 0 Å². The Labute approximate surface area is 426 Å². The summed E-state index contributed by atoms with van der Waals surface area (Å²) >= 11 is 0. The molecule has 0 amide bonds. The number of hydrogen-bond donors (Lipinski definition) is 3. The van der Waals surface area contributed by atoms with Crippen molar-refractivity contribution in [3.63, 3.8) is 0 Å². The van der Waals surface area contributed by atoms with Crippen molar-refractivity contribution in [2.45, 2.75) is 252 Å². The van der Waals surface area contributed by atoms with Gasteiger partial charge in [0.05, 0.1) is 22.8 Å². The fourth-order valence-corrected chi connectivity index (χ4v) is 11.0. The van der Waals surface area contributed by atoms with Crippen molar-refractivity contribution in [1.29, 1.82) is 0 Å². The first-order chi connectivity index (χ1) is 34.6. The number of unbranched alkanes of at least 4 members (excludes halogenated alkanes) is 30. The maximum atomic E-state index is 10.8. The number of hydrogen-bond acceptors (Lipinski definition) is 3. The minimum atomic E-state index is 0.260. The Morgan fingerprint density at radius 3 is 1.00 bits per heavy atom. The van der Waals surface area contributed by atoms with E-state index in [1.807, 2.05) is 12.1 Å². The van der Waals surface area contributed by atoms with E-state index in [1.165, 1.54) is 227 Å². The van der Waals surface area contributed by atoms with Crippen molar-refractivity contribution in [3.8, 4) is 16.9 Å². The van der Waals surface area contributed by atoms with Gasteiger partial charge in [0.15, 0.2) is 0 Å². The van der Waals surface area contributed by atoms with Gasteiger partial charge in [0, 0.05) is 44.3 Å². The van der Waals surface area contributed by atoms with Gasteiger partial charge < -0.3 is 15.1 Å². The molecule has 4 aromatic rings. The van der Waals surface area contributed by atoms with E-state index in [2.05, 4.69) is 85.4 Å². The number of aromatic hydroxyl groups is 1. The molecule has 0 spiro atoms. The molecule has 0 fully saturated rings. The van der Waals surface area contributed by atoms with Crippen molar-refractivity contribution in [3.05, 3.63) is 88.0 Å². The number of aryl methyl sites for hydroxylation is 3. The molecule has 2 aliphatic rings. The van der Waals surface area contributed by atoms with E-state index in [0.717, 1.165) is 77.0 Å². The Morgan fingerprint density at radius 1 is 0.343 bits per heavy atom. The van der Waals surface area contributed by atoms with Crippen LogP contribution < -0.4 is 0 Å². The van der Waals surface area contributed by atoms with Crippen molar-refractivity contribution in [1.82, 2.24) is 19.9 Å². The lowest BCUT2D eigenvalue weighted by atomic mass is 10.0. The van der Waals surface area contributed by atoms with Gasteiger partial charge in [0.1, 0.15) is 5.75 Å². The first-order valence-corrected chi connectivity index (χ1v) is 29.5. The van der Waals surface area contributed by atoms with Crippen LogP contribution in [0.1, 0.15) is 272 Å². The maximum absolute atomic E-state index is 10.8. The lowest BCUT2D eigenvalue weighted by Crippen LogP contribution is -1.95. The molecular formula is C65H96N4O. The topological polar surface area (TPSA) is 77.6 Å². The van der Waals surface area contributed by atoms with Gasteiger partial charge in [-0.2, -0.15) is 0 Å². The molecule has 2 aliphatic heterocycles. The van der Waals surface area contributed by atoms with Crippen LogP contribution in [0.2, 0.25) is 0 Å². The number of benzene rings is 1. The van der Waals surface area contributed by atoms with Crippen LogP contribution in [-0.2, 0) is 19.3 Å².